The van der Waals surface area contributed by atoms with E-state index in [0.29, 0.717) is 38.6 Å². The van der Waals surface area contributed by atoms with E-state index in [9.17, 15) is 4.79 Å². The van der Waals surface area contributed by atoms with Crippen molar-refractivity contribution in [2.45, 2.75) is 13.5 Å². The molecule has 0 saturated carbocycles. The number of halogens is 4. The number of carbonyl (C=O) groups excluding carboxylic acids is 1. The molecule has 0 heterocycles. The number of rotatable bonds is 6. The lowest BCUT2D eigenvalue weighted by molar-refractivity contribution is 0.0955. The fraction of sp³-hybridized carbons (Fsp3) is 0.0909. The van der Waals surface area contributed by atoms with Crippen LogP contribution in [0.1, 0.15) is 27.0 Å². The summed E-state index contributed by atoms with van der Waals surface area (Å²) in [4.78, 5) is 12.2. The molecule has 0 aromatic heterocycles. The van der Waals surface area contributed by atoms with Crippen LogP contribution in [0.2, 0.25) is 15.1 Å². The highest BCUT2D eigenvalue weighted by Gasteiger charge is 2.10. The molecule has 0 atom stereocenters. The maximum atomic E-state index is 12.2. The van der Waals surface area contributed by atoms with E-state index in [1.807, 2.05) is 31.2 Å². The van der Waals surface area contributed by atoms with Gasteiger partial charge in [0.2, 0.25) is 0 Å². The summed E-state index contributed by atoms with van der Waals surface area (Å²) in [5.41, 5.74) is 5.39. The Labute approximate surface area is 203 Å². The lowest BCUT2D eigenvalue weighted by Gasteiger charge is -2.11. The van der Waals surface area contributed by atoms with Crippen molar-refractivity contribution >= 4 is 69.5 Å². The lowest BCUT2D eigenvalue weighted by atomic mass is 10.1. The summed E-state index contributed by atoms with van der Waals surface area (Å²) < 4.78 is 6.92. The van der Waals surface area contributed by atoms with Gasteiger partial charge < -0.3 is 4.74 Å². The van der Waals surface area contributed by atoms with Crippen LogP contribution in [0.4, 0.5) is 0 Å². The number of ether oxygens (including phenoxy) is 1. The predicted octanol–water partition coefficient (Wildman–Crippen LogP) is 6.90. The molecule has 0 aliphatic rings. The molecule has 0 unspecified atom stereocenters. The first kappa shape index (κ1) is 22.9. The predicted molar refractivity (Wildman–Crippen MR) is 131 cm³/mol. The first-order valence-electron chi connectivity index (χ1n) is 8.79. The second kappa shape index (κ2) is 10.5. The van der Waals surface area contributed by atoms with Crippen LogP contribution in [-0.4, -0.2) is 12.1 Å². The first-order valence-corrected chi connectivity index (χ1v) is 11.0. The molecule has 30 heavy (non-hydrogen) atoms. The van der Waals surface area contributed by atoms with E-state index >= 15 is 0 Å². The minimum absolute atomic E-state index is 0.346. The first-order chi connectivity index (χ1) is 14.3. The van der Waals surface area contributed by atoms with Crippen molar-refractivity contribution in [2.24, 2.45) is 5.10 Å². The van der Waals surface area contributed by atoms with Crippen molar-refractivity contribution in [1.82, 2.24) is 5.43 Å². The maximum absolute atomic E-state index is 12.2. The van der Waals surface area contributed by atoms with Gasteiger partial charge >= 0.3 is 0 Å². The molecule has 3 aromatic carbocycles. The normalized spacial score (nSPS) is 11.0. The molecule has 0 saturated heterocycles. The minimum Gasteiger partial charge on any atom is -0.486 e. The van der Waals surface area contributed by atoms with Gasteiger partial charge in [0.1, 0.15) is 6.61 Å². The Balaban J connectivity index is 1.64. The van der Waals surface area contributed by atoms with E-state index in [-0.39, 0.29) is 5.91 Å². The van der Waals surface area contributed by atoms with Gasteiger partial charge in [-0.05, 0) is 82.6 Å². The molecule has 0 fully saturated rings. The molecule has 0 spiro atoms. The topological polar surface area (TPSA) is 50.7 Å². The van der Waals surface area contributed by atoms with Gasteiger partial charge in [-0.25, -0.2) is 5.43 Å². The van der Waals surface area contributed by atoms with Crippen LogP contribution in [-0.2, 0) is 6.61 Å². The molecule has 3 aromatic rings. The monoisotopic (exact) mass is 572 g/mol. The van der Waals surface area contributed by atoms with Crippen molar-refractivity contribution in [3.63, 3.8) is 0 Å². The third kappa shape index (κ3) is 6.11. The van der Waals surface area contributed by atoms with Crippen molar-refractivity contribution in [2.75, 3.05) is 0 Å². The zero-order valence-corrected chi connectivity index (χ0v) is 20.2. The molecule has 0 radical (unpaired) electrons. The van der Waals surface area contributed by atoms with Crippen LogP contribution in [0.3, 0.4) is 0 Å². The molecule has 0 aliphatic carbocycles. The molecule has 0 bridgehead atoms. The highest BCUT2D eigenvalue weighted by Crippen LogP contribution is 2.34. The van der Waals surface area contributed by atoms with Gasteiger partial charge in [-0.1, -0.05) is 53.0 Å². The van der Waals surface area contributed by atoms with E-state index in [1.165, 1.54) is 6.21 Å². The number of hydrogen-bond donors (Lipinski definition) is 1. The summed E-state index contributed by atoms with van der Waals surface area (Å²) in [5.74, 6) is 0.0233. The molecule has 8 heteroatoms. The van der Waals surface area contributed by atoms with Gasteiger partial charge in [0.05, 0.1) is 16.3 Å². The standard InChI is InChI=1S/C22H16Cl3IN2O2/c1-13-2-5-16(10-18(13)23)22(29)28-27-11-15-8-19(24)21(20(25)9-15)30-12-14-3-6-17(26)7-4-14/h2-11H,12H2,1H3,(H,28,29)/b27-11-. The number of nitrogens with zero attached hydrogens (tertiary/aromatic N) is 1. The molecule has 1 N–H and O–H groups in total. The average Bonchev–Trinajstić information content (AvgIpc) is 2.70. The van der Waals surface area contributed by atoms with E-state index in [2.05, 4.69) is 33.1 Å². The van der Waals surface area contributed by atoms with Crippen LogP contribution < -0.4 is 10.2 Å². The third-order valence-corrected chi connectivity index (χ3v) is 5.82. The largest absolute Gasteiger partial charge is 0.486 e. The Kier molecular flexibility index (Phi) is 7.99. The number of hydrogen-bond acceptors (Lipinski definition) is 3. The Morgan fingerprint density at radius 2 is 1.70 bits per heavy atom. The summed E-state index contributed by atoms with van der Waals surface area (Å²) in [6, 6.07) is 16.3. The highest BCUT2D eigenvalue weighted by atomic mass is 127. The fourth-order valence-corrected chi connectivity index (χ4v) is 3.65. The van der Waals surface area contributed by atoms with Crippen molar-refractivity contribution in [3.8, 4) is 5.75 Å². The summed E-state index contributed by atoms with van der Waals surface area (Å²) >= 11 is 20.9. The quantitative estimate of drug-likeness (QED) is 0.198. The Morgan fingerprint density at radius 3 is 2.33 bits per heavy atom. The molecule has 4 nitrogen and oxygen atoms in total. The minimum atomic E-state index is -0.372. The van der Waals surface area contributed by atoms with Gasteiger partial charge in [-0.2, -0.15) is 5.10 Å². The van der Waals surface area contributed by atoms with E-state index in [4.69, 9.17) is 39.5 Å². The Morgan fingerprint density at radius 1 is 1.03 bits per heavy atom. The lowest BCUT2D eigenvalue weighted by Crippen LogP contribution is -2.17. The van der Waals surface area contributed by atoms with Crippen LogP contribution in [0.15, 0.2) is 59.7 Å². The van der Waals surface area contributed by atoms with Gasteiger partial charge in [-0.3, -0.25) is 4.79 Å². The Bertz CT molecular complexity index is 1080. The van der Waals surface area contributed by atoms with E-state index in [0.717, 1.165) is 14.7 Å². The van der Waals surface area contributed by atoms with Gasteiger partial charge in [-0.15, -0.1) is 0 Å². The van der Waals surface area contributed by atoms with Crippen molar-refractivity contribution in [3.05, 3.63) is 95.5 Å². The highest BCUT2D eigenvalue weighted by molar-refractivity contribution is 14.1. The van der Waals surface area contributed by atoms with E-state index in [1.54, 1.807) is 30.3 Å². The molecule has 0 aliphatic heterocycles. The van der Waals surface area contributed by atoms with Gasteiger partial charge in [0.25, 0.3) is 5.91 Å². The van der Waals surface area contributed by atoms with E-state index < -0.39 is 0 Å². The number of benzene rings is 3. The number of nitrogens with one attached hydrogen (secondary N) is 1. The fourth-order valence-electron chi connectivity index (χ4n) is 2.49. The van der Waals surface area contributed by atoms with Crippen LogP contribution in [0.25, 0.3) is 0 Å². The van der Waals surface area contributed by atoms with Crippen LogP contribution in [0, 0.1) is 10.5 Å². The molecular weight excluding hydrogens is 558 g/mol. The zero-order chi connectivity index (χ0) is 21.7. The van der Waals surface area contributed by atoms with Crippen LogP contribution in [0.5, 0.6) is 5.75 Å². The van der Waals surface area contributed by atoms with Crippen LogP contribution >= 0.6 is 57.4 Å². The van der Waals surface area contributed by atoms with Crippen molar-refractivity contribution < 1.29 is 9.53 Å². The van der Waals surface area contributed by atoms with Gasteiger partial charge in [0, 0.05) is 14.2 Å². The molecule has 154 valence electrons. The smallest absolute Gasteiger partial charge is 0.271 e. The number of carbonyl (C=O) groups is 1. The second-order valence-corrected chi connectivity index (χ2v) is 8.86. The number of amides is 1. The summed E-state index contributed by atoms with van der Waals surface area (Å²) in [6.45, 7) is 2.21. The Hall–Kier alpha value is -1.80. The number of hydrazone groups is 1. The summed E-state index contributed by atoms with van der Waals surface area (Å²) in [5, 5.41) is 5.18. The molecular formula is C22H16Cl3IN2O2. The zero-order valence-electron chi connectivity index (χ0n) is 15.8. The average molecular weight is 574 g/mol. The van der Waals surface area contributed by atoms with Gasteiger partial charge in [0.15, 0.2) is 5.75 Å². The summed E-state index contributed by atoms with van der Waals surface area (Å²) in [6.07, 6.45) is 1.45. The maximum Gasteiger partial charge on any atom is 0.271 e. The van der Waals surface area contributed by atoms with Crippen molar-refractivity contribution in [1.29, 1.82) is 0 Å². The molecule has 3 rings (SSSR count). The summed E-state index contributed by atoms with van der Waals surface area (Å²) in [7, 11) is 0. The second-order valence-electron chi connectivity index (χ2n) is 6.39. The SMILES string of the molecule is Cc1ccc(C(=O)N/N=C\c2cc(Cl)c(OCc3ccc(I)cc3)c(Cl)c2)cc1Cl. The third-order valence-electron chi connectivity index (χ3n) is 4.13. The molecule has 1 amide bonds. The number of aryl methyl sites for hydroxylation is 1.